The van der Waals surface area contributed by atoms with Gasteiger partial charge in [0.25, 0.3) is 0 Å². The highest BCUT2D eigenvalue weighted by Gasteiger charge is 2.31. The van der Waals surface area contributed by atoms with Crippen molar-refractivity contribution in [3.8, 4) is 0 Å². The number of hydrogen-bond donors (Lipinski definition) is 2. The first-order chi connectivity index (χ1) is 10.7. The van der Waals surface area contributed by atoms with Crippen LogP contribution < -0.4 is 4.90 Å². The number of hydrogen-bond acceptors (Lipinski definition) is 3. The predicted octanol–water partition coefficient (Wildman–Crippen LogP) is 3.18. The lowest BCUT2D eigenvalue weighted by molar-refractivity contribution is -0.117. The number of aliphatic hydroxyl groups is 2. The second-order valence-electron chi connectivity index (χ2n) is 6.07. The van der Waals surface area contributed by atoms with E-state index in [0.29, 0.717) is 12.8 Å². The molecule has 2 N–H and O–H groups in total. The predicted molar refractivity (Wildman–Crippen MR) is 87.8 cm³/mol. The normalized spacial score (nSPS) is 19.7. The molecule has 1 heterocycles. The third kappa shape index (κ3) is 4.08. The van der Waals surface area contributed by atoms with E-state index < -0.39 is 6.10 Å². The molecule has 1 fully saturated rings. The van der Waals surface area contributed by atoms with Crippen LogP contribution in [-0.2, 0) is 4.79 Å². The van der Waals surface area contributed by atoms with Gasteiger partial charge in [0, 0.05) is 24.8 Å². The highest BCUT2D eigenvalue weighted by atomic mass is 16.3. The molecule has 0 radical (unpaired) electrons. The van der Waals surface area contributed by atoms with Crippen LogP contribution >= 0.6 is 0 Å². The fourth-order valence-electron chi connectivity index (χ4n) is 3.13. The number of carbonyl (C=O) groups is 1. The summed E-state index contributed by atoms with van der Waals surface area (Å²) in [5.74, 6) is 0.120. The second kappa shape index (κ2) is 8.30. The number of amides is 1. The highest BCUT2D eigenvalue weighted by Crippen LogP contribution is 2.30. The summed E-state index contributed by atoms with van der Waals surface area (Å²) < 4.78 is 0. The summed E-state index contributed by atoms with van der Waals surface area (Å²) in [5.41, 5.74) is 1.77. The maximum absolute atomic E-state index is 12.0. The molecule has 1 amide bonds. The van der Waals surface area contributed by atoms with Crippen molar-refractivity contribution in [1.82, 2.24) is 0 Å². The molecule has 22 heavy (non-hydrogen) atoms. The van der Waals surface area contributed by atoms with Crippen LogP contribution in [0.15, 0.2) is 24.3 Å². The van der Waals surface area contributed by atoms with Crippen LogP contribution in [0.1, 0.15) is 63.5 Å². The summed E-state index contributed by atoms with van der Waals surface area (Å²) in [7, 11) is 0. The third-order valence-electron chi connectivity index (χ3n) is 4.42. The van der Waals surface area contributed by atoms with Gasteiger partial charge in [-0.25, -0.2) is 0 Å². The quantitative estimate of drug-likeness (QED) is 0.725. The minimum Gasteiger partial charge on any atom is -0.396 e. The van der Waals surface area contributed by atoms with Crippen LogP contribution in [0, 0.1) is 0 Å². The molecular formula is C18H27NO3. The molecule has 0 saturated carbocycles. The van der Waals surface area contributed by atoms with E-state index in [9.17, 15) is 9.90 Å². The van der Waals surface area contributed by atoms with Gasteiger partial charge in [0.15, 0.2) is 0 Å². The van der Waals surface area contributed by atoms with Crippen LogP contribution in [0.4, 0.5) is 5.69 Å². The Labute approximate surface area is 132 Å². The molecule has 1 aliphatic rings. The lowest BCUT2D eigenvalue weighted by Gasteiger charge is -2.25. The van der Waals surface area contributed by atoms with Crippen LogP contribution in [-0.4, -0.2) is 28.8 Å². The molecule has 0 aliphatic carbocycles. The lowest BCUT2D eigenvalue weighted by atomic mass is 10.0. The third-order valence-corrected chi connectivity index (χ3v) is 4.42. The van der Waals surface area contributed by atoms with Crippen molar-refractivity contribution in [2.75, 3.05) is 11.5 Å². The second-order valence-corrected chi connectivity index (χ2v) is 6.07. The van der Waals surface area contributed by atoms with E-state index in [4.69, 9.17) is 5.11 Å². The average molecular weight is 305 g/mol. The molecule has 1 aromatic rings. The molecule has 0 bridgehead atoms. The van der Waals surface area contributed by atoms with Gasteiger partial charge in [-0.2, -0.15) is 0 Å². The van der Waals surface area contributed by atoms with Gasteiger partial charge >= 0.3 is 0 Å². The Morgan fingerprint density at radius 1 is 1.27 bits per heavy atom. The molecule has 1 unspecified atom stereocenters. The molecule has 122 valence electrons. The van der Waals surface area contributed by atoms with E-state index in [1.54, 1.807) is 4.90 Å². The average Bonchev–Trinajstić information content (AvgIpc) is 2.89. The van der Waals surface area contributed by atoms with E-state index in [2.05, 4.69) is 6.92 Å². The fraction of sp³-hybridized carbons (Fsp3) is 0.611. The summed E-state index contributed by atoms with van der Waals surface area (Å²) in [4.78, 5) is 13.8. The van der Waals surface area contributed by atoms with Crippen molar-refractivity contribution < 1.29 is 15.0 Å². The Balaban J connectivity index is 2.02. The Hall–Kier alpha value is -1.39. The first-order valence-electron chi connectivity index (χ1n) is 8.38. The number of unbranched alkanes of at least 4 members (excludes halogenated alkanes) is 2. The Morgan fingerprint density at radius 2 is 2.00 bits per heavy atom. The Kier molecular flexibility index (Phi) is 6.40. The number of aliphatic hydroxyl groups excluding tert-OH is 2. The van der Waals surface area contributed by atoms with Gasteiger partial charge in [-0.05, 0) is 37.0 Å². The minimum absolute atomic E-state index is 0.0952. The molecule has 2 rings (SSSR count). The number of carbonyl (C=O) groups excluding carboxylic acids is 1. The van der Waals surface area contributed by atoms with Gasteiger partial charge in [0.05, 0.1) is 6.10 Å². The van der Waals surface area contributed by atoms with Gasteiger partial charge in [-0.15, -0.1) is 0 Å². The number of benzene rings is 1. The highest BCUT2D eigenvalue weighted by molar-refractivity contribution is 5.96. The van der Waals surface area contributed by atoms with E-state index in [0.717, 1.165) is 43.4 Å². The first kappa shape index (κ1) is 17.0. The van der Waals surface area contributed by atoms with Crippen molar-refractivity contribution in [2.24, 2.45) is 0 Å². The maximum Gasteiger partial charge on any atom is 0.227 e. The zero-order valence-electron chi connectivity index (χ0n) is 13.4. The van der Waals surface area contributed by atoms with Crippen molar-refractivity contribution in [3.05, 3.63) is 29.8 Å². The molecule has 4 nitrogen and oxygen atoms in total. The summed E-state index contributed by atoms with van der Waals surface area (Å²) in [6.07, 6.45) is 5.64. The lowest BCUT2D eigenvalue weighted by Crippen LogP contribution is -2.33. The smallest absolute Gasteiger partial charge is 0.227 e. The number of anilines is 1. The molecule has 1 aromatic carbocycles. The number of rotatable bonds is 8. The first-order valence-corrected chi connectivity index (χ1v) is 8.38. The van der Waals surface area contributed by atoms with Gasteiger partial charge in [0.1, 0.15) is 0 Å². The summed E-state index contributed by atoms with van der Waals surface area (Å²) in [6, 6.07) is 7.73. The fourth-order valence-corrected chi connectivity index (χ4v) is 3.13. The summed E-state index contributed by atoms with van der Waals surface area (Å²) in [6.45, 7) is 2.25. The SMILES string of the molecule is CCCCCC(O)c1ccc(N2C(=O)CC[C@@H]2CCO)cc1. The monoisotopic (exact) mass is 305 g/mol. The summed E-state index contributed by atoms with van der Waals surface area (Å²) in [5, 5.41) is 19.3. The van der Waals surface area contributed by atoms with Crippen LogP contribution in [0.2, 0.25) is 0 Å². The van der Waals surface area contributed by atoms with E-state index in [1.165, 1.54) is 0 Å². The molecule has 4 heteroatoms. The molecule has 2 atom stereocenters. The molecule has 1 aliphatic heterocycles. The van der Waals surface area contributed by atoms with Crippen LogP contribution in [0.25, 0.3) is 0 Å². The molecular weight excluding hydrogens is 278 g/mol. The van der Waals surface area contributed by atoms with Gasteiger partial charge in [0.2, 0.25) is 5.91 Å². The number of nitrogens with zero attached hydrogens (tertiary/aromatic N) is 1. The van der Waals surface area contributed by atoms with E-state index >= 15 is 0 Å². The van der Waals surface area contributed by atoms with Crippen molar-refractivity contribution in [1.29, 1.82) is 0 Å². The van der Waals surface area contributed by atoms with Crippen molar-refractivity contribution in [3.63, 3.8) is 0 Å². The van der Waals surface area contributed by atoms with E-state index in [1.807, 2.05) is 24.3 Å². The zero-order chi connectivity index (χ0) is 15.9. The maximum atomic E-state index is 12.0. The largest absolute Gasteiger partial charge is 0.396 e. The minimum atomic E-state index is -0.428. The van der Waals surface area contributed by atoms with Crippen LogP contribution in [0.5, 0.6) is 0 Å². The Morgan fingerprint density at radius 3 is 2.64 bits per heavy atom. The van der Waals surface area contributed by atoms with Gasteiger partial charge in [-0.1, -0.05) is 38.3 Å². The standard InChI is InChI=1S/C18H27NO3/c1-2-3-4-5-17(21)14-6-8-15(9-7-14)19-16(12-13-20)10-11-18(19)22/h6-9,16-17,20-21H,2-5,10-13H2,1H3/t16-,17?/m1/s1. The zero-order valence-corrected chi connectivity index (χ0v) is 13.4. The summed E-state index contributed by atoms with van der Waals surface area (Å²) >= 11 is 0. The van der Waals surface area contributed by atoms with Crippen molar-refractivity contribution in [2.45, 2.75) is 64.0 Å². The van der Waals surface area contributed by atoms with Crippen LogP contribution in [0.3, 0.4) is 0 Å². The molecule has 0 spiro atoms. The van der Waals surface area contributed by atoms with E-state index in [-0.39, 0.29) is 18.6 Å². The van der Waals surface area contributed by atoms with Gasteiger partial charge < -0.3 is 15.1 Å². The molecule has 1 saturated heterocycles. The molecule has 0 aromatic heterocycles. The Bertz CT molecular complexity index is 472. The van der Waals surface area contributed by atoms with Gasteiger partial charge in [-0.3, -0.25) is 4.79 Å². The topological polar surface area (TPSA) is 60.8 Å². The van der Waals surface area contributed by atoms with Crippen molar-refractivity contribution >= 4 is 11.6 Å².